The standard InChI is InChI=1S/C27H25F2N3O.C6H8O7/c28-22-3-1-21(2-4-22)27(8-10-31-11-9-27)25-7-12-32(26(25)33)17-20-14-18(16-30)13-19-15-23(29)5-6-24(19)20;7-3(8)1-6(13,5(11)12)2-4(9)10/h1-6,13-15,25,31H,7-12,17H2;13H,1-2H2,(H,7,8)(H,9,10)(H,11,12). The van der Waals surface area contributed by atoms with Crippen LogP contribution in [0.3, 0.4) is 0 Å². The van der Waals surface area contributed by atoms with Crippen molar-refractivity contribution in [3.63, 3.8) is 0 Å². The number of nitriles is 1. The number of fused-ring (bicyclic) bond motifs is 1. The molecule has 2 heterocycles. The first-order valence-corrected chi connectivity index (χ1v) is 14.6. The van der Waals surface area contributed by atoms with Gasteiger partial charge in [-0.15, -0.1) is 0 Å². The number of nitrogens with zero attached hydrogens (tertiary/aromatic N) is 2. The van der Waals surface area contributed by atoms with Gasteiger partial charge in [0.1, 0.15) is 11.6 Å². The molecule has 0 radical (unpaired) electrons. The number of halogens is 2. The molecule has 1 unspecified atom stereocenters. The van der Waals surface area contributed by atoms with E-state index >= 15 is 0 Å². The maximum atomic E-state index is 13.8. The van der Waals surface area contributed by atoms with Gasteiger partial charge in [-0.3, -0.25) is 14.4 Å². The molecule has 11 nitrogen and oxygen atoms in total. The van der Waals surface area contributed by atoms with E-state index in [2.05, 4.69) is 11.4 Å². The average molecular weight is 638 g/mol. The summed E-state index contributed by atoms with van der Waals surface area (Å²) in [6.07, 6.45) is 0.105. The fourth-order valence-electron chi connectivity index (χ4n) is 6.44. The lowest BCUT2D eigenvalue weighted by Gasteiger charge is -2.42. The highest BCUT2D eigenvalue weighted by Gasteiger charge is 2.49. The van der Waals surface area contributed by atoms with Crippen molar-refractivity contribution >= 4 is 34.6 Å². The number of carbonyl (C=O) groups is 4. The number of carboxylic acid groups (broad SMARTS) is 3. The third-order valence-corrected chi connectivity index (χ3v) is 8.66. The van der Waals surface area contributed by atoms with E-state index in [1.54, 1.807) is 18.2 Å². The number of nitrogens with one attached hydrogen (secondary N) is 1. The first kappa shape index (κ1) is 34.0. The zero-order valence-electron chi connectivity index (χ0n) is 24.7. The molecule has 2 fully saturated rings. The minimum atomic E-state index is -2.74. The fourth-order valence-corrected chi connectivity index (χ4v) is 6.44. The number of aliphatic hydroxyl groups is 1. The number of aliphatic carboxylic acids is 3. The Labute approximate surface area is 262 Å². The van der Waals surface area contributed by atoms with Crippen LogP contribution in [0.15, 0.2) is 54.6 Å². The van der Waals surface area contributed by atoms with Crippen LogP contribution < -0.4 is 5.32 Å². The predicted octanol–water partition coefficient (Wildman–Crippen LogP) is 3.41. The van der Waals surface area contributed by atoms with E-state index in [4.69, 9.17) is 20.4 Å². The van der Waals surface area contributed by atoms with Gasteiger partial charge in [-0.1, -0.05) is 18.2 Å². The second-order valence-electron chi connectivity index (χ2n) is 11.6. The van der Waals surface area contributed by atoms with E-state index < -0.39 is 36.4 Å². The quantitative estimate of drug-likeness (QED) is 0.233. The molecule has 2 aliphatic heterocycles. The van der Waals surface area contributed by atoms with Crippen LogP contribution in [0.2, 0.25) is 0 Å². The van der Waals surface area contributed by atoms with Crippen molar-refractivity contribution in [2.24, 2.45) is 5.92 Å². The van der Waals surface area contributed by atoms with Crippen LogP contribution >= 0.6 is 0 Å². The van der Waals surface area contributed by atoms with Crippen molar-refractivity contribution in [3.05, 3.63) is 82.9 Å². The number of hydrogen-bond acceptors (Lipinski definition) is 7. The summed E-state index contributed by atoms with van der Waals surface area (Å²) < 4.78 is 27.4. The summed E-state index contributed by atoms with van der Waals surface area (Å²) in [5.41, 5.74) is -0.730. The Balaban J connectivity index is 0.000000315. The second-order valence-corrected chi connectivity index (χ2v) is 11.6. The van der Waals surface area contributed by atoms with Gasteiger partial charge in [0.2, 0.25) is 5.91 Å². The van der Waals surface area contributed by atoms with Crippen molar-refractivity contribution in [2.75, 3.05) is 19.6 Å². The Kier molecular flexibility index (Phi) is 10.3. The van der Waals surface area contributed by atoms with E-state index in [0.29, 0.717) is 24.0 Å². The van der Waals surface area contributed by atoms with Crippen molar-refractivity contribution in [1.29, 1.82) is 5.26 Å². The molecule has 13 heteroatoms. The van der Waals surface area contributed by atoms with Crippen LogP contribution in [0.1, 0.15) is 48.8 Å². The molecule has 0 saturated carbocycles. The van der Waals surface area contributed by atoms with Crippen LogP contribution in [-0.2, 0) is 31.1 Å². The smallest absolute Gasteiger partial charge is 0.336 e. The van der Waals surface area contributed by atoms with Gasteiger partial charge in [-0.2, -0.15) is 5.26 Å². The molecule has 1 atom stereocenters. The van der Waals surface area contributed by atoms with Crippen molar-refractivity contribution in [1.82, 2.24) is 10.2 Å². The van der Waals surface area contributed by atoms with Crippen LogP contribution in [0.4, 0.5) is 8.78 Å². The molecule has 46 heavy (non-hydrogen) atoms. The van der Waals surface area contributed by atoms with Crippen LogP contribution in [0.5, 0.6) is 0 Å². The molecule has 3 aromatic rings. The van der Waals surface area contributed by atoms with E-state index in [-0.39, 0.29) is 28.9 Å². The van der Waals surface area contributed by atoms with Gasteiger partial charge in [0.25, 0.3) is 0 Å². The van der Waals surface area contributed by atoms with Gasteiger partial charge >= 0.3 is 17.9 Å². The van der Waals surface area contributed by atoms with Crippen LogP contribution in [0.25, 0.3) is 10.8 Å². The molecule has 5 N–H and O–H groups in total. The summed E-state index contributed by atoms with van der Waals surface area (Å²) in [5, 5.41) is 48.1. The zero-order valence-corrected chi connectivity index (χ0v) is 24.7. The topological polar surface area (TPSA) is 188 Å². The molecule has 0 aromatic heterocycles. The SMILES string of the molecule is N#Cc1cc(CN2CCC(C3(c4ccc(F)cc4)CCNCC3)C2=O)c2ccc(F)cc2c1.O=C(O)CC(O)(CC(=O)O)C(=O)O. The molecule has 0 bridgehead atoms. The summed E-state index contributed by atoms with van der Waals surface area (Å²) in [6, 6.07) is 16.8. The van der Waals surface area contributed by atoms with Crippen molar-refractivity contribution in [3.8, 4) is 6.07 Å². The van der Waals surface area contributed by atoms with E-state index in [9.17, 15) is 33.2 Å². The predicted molar refractivity (Wildman–Crippen MR) is 159 cm³/mol. The number of hydrogen-bond donors (Lipinski definition) is 5. The molecule has 5 rings (SSSR count). The Bertz CT molecular complexity index is 1670. The van der Waals surface area contributed by atoms with E-state index in [1.165, 1.54) is 24.3 Å². The lowest BCUT2D eigenvalue weighted by molar-refractivity contribution is -0.170. The van der Waals surface area contributed by atoms with Crippen molar-refractivity contribution in [2.45, 2.75) is 49.7 Å². The maximum Gasteiger partial charge on any atom is 0.336 e. The Morgan fingerprint density at radius 3 is 2.13 bits per heavy atom. The third kappa shape index (κ3) is 7.47. The average Bonchev–Trinajstić information content (AvgIpc) is 3.36. The van der Waals surface area contributed by atoms with Crippen LogP contribution in [0, 0.1) is 28.9 Å². The number of piperidine rings is 1. The highest BCUT2D eigenvalue weighted by atomic mass is 19.1. The van der Waals surface area contributed by atoms with Gasteiger partial charge in [0.15, 0.2) is 5.60 Å². The number of carbonyl (C=O) groups excluding carboxylic acids is 1. The molecule has 1 amide bonds. The van der Waals surface area contributed by atoms with Gasteiger partial charge < -0.3 is 30.6 Å². The monoisotopic (exact) mass is 637 g/mol. The lowest BCUT2D eigenvalue weighted by Crippen LogP contribution is -2.47. The number of carboxylic acids is 3. The summed E-state index contributed by atoms with van der Waals surface area (Å²) in [4.78, 5) is 46.0. The van der Waals surface area contributed by atoms with Gasteiger partial charge in [-0.25, -0.2) is 13.6 Å². The third-order valence-electron chi connectivity index (χ3n) is 8.66. The highest BCUT2D eigenvalue weighted by molar-refractivity contribution is 5.89. The minimum absolute atomic E-state index is 0.0962. The Hall–Kier alpha value is -4.93. The number of likely N-dealkylation sites (tertiary alicyclic amines) is 1. The second kappa shape index (κ2) is 14.0. The molecule has 2 aliphatic rings. The largest absolute Gasteiger partial charge is 0.481 e. The minimum Gasteiger partial charge on any atom is -0.481 e. The molecule has 3 aromatic carbocycles. The van der Waals surface area contributed by atoms with Crippen molar-refractivity contribution < 1.29 is 48.4 Å². The molecule has 2 saturated heterocycles. The van der Waals surface area contributed by atoms with Gasteiger partial charge in [0, 0.05) is 24.4 Å². The maximum absolute atomic E-state index is 13.8. The number of rotatable bonds is 9. The number of amides is 1. The normalized spacial score (nSPS) is 17.6. The van der Waals surface area contributed by atoms with E-state index in [0.717, 1.165) is 48.9 Å². The molecular formula is C33H33F2N3O8. The summed E-state index contributed by atoms with van der Waals surface area (Å²) in [7, 11) is 0. The highest BCUT2D eigenvalue weighted by Crippen LogP contribution is 2.45. The first-order chi connectivity index (χ1) is 21.8. The number of benzene rings is 3. The molecular weight excluding hydrogens is 604 g/mol. The van der Waals surface area contributed by atoms with E-state index in [1.807, 2.05) is 17.0 Å². The fraction of sp³-hybridized carbons (Fsp3) is 0.364. The lowest BCUT2D eigenvalue weighted by atomic mass is 9.64. The van der Waals surface area contributed by atoms with Gasteiger partial charge in [-0.05, 0) is 90.6 Å². The Morgan fingerprint density at radius 1 is 0.957 bits per heavy atom. The summed E-state index contributed by atoms with van der Waals surface area (Å²) in [6.45, 7) is 2.65. The molecule has 0 aliphatic carbocycles. The van der Waals surface area contributed by atoms with Crippen LogP contribution in [-0.4, -0.2) is 74.4 Å². The Morgan fingerprint density at radius 2 is 1.57 bits per heavy atom. The summed E-state index contributed by atoms with van der Waals surface area (Å²) >= 11 is 0. The zero-order chi connectivity index (χ0) is 33.6. The molecule has 242 valence electrons. The van der Waals surface area contributed by atoms with Gasteiger partial charge in [0.05, 0.1) is 24.5 Å². The molecule has 0 spiro atoms. The summed E-state index contributed by atoms with van der Waals surface area (Å²) in [5.74, 6) is -5.72. The first-order valence-electron chi connectivity index (χ1n) is 14.6.